The van der Waals surface area contributed by atoms with Crippen LogP contribution >= 0.6 is 22.6 Å². The molecule has 0 saturated heterocycles. The summed E-state index contributed by atoms with van der Waals surface area (Å²) in [5.74, 6) is -0.398. The van der Waals surface area contributed by atoms with Crippen LogP contribution in [-0.2, 0) is 16.0 Å². The lowest BCUT2D eigenvalue weighted by Crippen LogP contribution is -2.34. The molecule has 0 unspecified atom stereocenters. The zero-order valence-corrected chi connectivity index (χ0v) is 14.2. The highest BCUT2D eigenvalue weighted by atomic mass is 127. The van der Waals surface area contributed by atoms with Gasteiger partial charge in [-0.15, -0.1) is 0 Å². The van der Waals surface area contributed by atoms with Crippen molar-refractivity contribution < 1.29 is 19.1 Å². The molecule has 0 bridgehead atoms. The molecule has 0 saturated carbocycles. The monoisotopic (exact) mass is 394 g/mol. The number of rotatable bonds is 4. The minimum absolute atomic E-state index is 0.365. The molecule has 1 rings (SSSR count). The van der Waals surface area contributed by atoms with Crippen molar-refractivity contribution in [3.05, 3.63) is 21.5 Å². The number of hydrogen-bond acceptors (Lipinski definition) is 4. The van der Waals surface area contributed by atoms with Gasteiger partial charge in [-0.2, -0.15) is 0 Å². The first kappa shape index (κ1) is 16.8. The molecular weight excluding hydrogens is 375 g/mol. The Balaban J connectivity index is 2.54. The van der Waals surface area contributed by atoms with Crippen LogP contribution in [0.1, 0.15) is 31.3 Å². The number of amides is 1. The second kappa shape index (κ2) is 6.96. The molecule has 0 radical (unpaired) electrons. The molecule has 1 heterocycles. The topological polar surface area (TPSA) is 69.6 Å². The fourth-order valence-electron chi connectivity index (χ4n) is 1.53. The molecule has 0 aliphatic rings. The van der Waals surface area contributed by atoms with Gasteiger partial charge in [0.05, 0.1) is 7.11 Å². The smallest absolute Gasteiger partial charge is 0.407 e. The minimum atomic E-state index is -0.524. The van der Waals surface area contributed by atoms with Gasteiger partial charge in [-0.25, -0.2) is 9.59 Å². The van der Waals surface area contributed by atoms with E-state index < -0.39 is 17.7 Å². The lowest BCUT2D eigenvalue weighted by molar-refractivity contribution is 0.0526. The number of nitrogens with zero attached hydrogens (tertiary/aromatic N) is 1. The van der Waals surface area contributed by atoms with Gasteiger partial charge in [0.2, 0.25) is 0 Å². The van der Waals surface area contributed by atoms with Crippen LogP contribution in [0.3, 0.4) is 0 Å². The molecule has 20 heavy (non-hydrogen) atoms. The fraction of sp³-hybridized carbons (Fsp3) is 0.538. The number of ether oxygens (including phenoxy) is 2. The standard InChI is InChI=1S/C13H19IN2O4/c1-13(2,3)20-12(18)15-5-6-16-8-9(14)7-10(16)11(17)19-4/h7-8H,5-6H2,1-4H3,(H,15,18). The molecule has 1 aromatic heterocycles. The van der Waals surface area contributed by atoms with Crippen LogP contribution in [0.25, 0.3) is 0 Å². The summed E-state index contributed by atoms with van der Waals surface area (Å²) in [5, 5.41) is 2.64. The van der Waals surface area contributed by atoms with Gasteiger partial charge in [0.25, 0.3) is 0 Å². The highest BCUT2D eigenvalue weighted by Gasteiger charge is 2.16. The third-order valence-corrected chi connectivity index (χ3v) is 2.87. The first-order chi connectivity index (χ1) is 9.23. The molecule has 1 amide bonds. The van der Waals surface area contributed by atoms with Crippen LogP contribution in [0.5, 0.6) is 0 Å². The van der Waals surface area contributed by atoms with Crippen molar-refractivity contribution in [3.8, 4) is 0 Å². The Morgan fingerprint density at radius 3 is 2.60 bits per heavy atom. The lowest BCUT2D eigenvalue weighted by atomic mass is 10.2. The molecule has 112 valence electrons. The number of nitrogens with one attached hydrogen (secondary N) is 1. The predicted octanol–water partition coefficient (Wildman–Crippen LogP) is 2.40. The van der Waals surface area contributed by atoms with Crippen LogP contribution in [0.15, 0.2) is 12.3 Å². The van der Waals surface area contributed by atoms with E-state index in [9.17, 15) is 9.59 Å². The van der Waals surface area contributed by atoms with E-state index in [0.29, 0.717) is 18.8 Å². The number of esters is 1. The third-order valence-electron chi connectivity index (χ3n) is 2.28. The van der Waals surface area contributed by atoms with Crippen molar-refractivity contribution in [1.82, 2.24) is 9.88 Å². The summed E-state index contributed by atoms with van der Waals surface area (Å²) >= 11 is 2.12. The van der Waals surface area contributed by atoms with E-state index in [1.807, 2.05) is 6.20 Å². The predicted molar refractivity (Wildman–Crippen MR) is 82.7 cm³/mol. The van der Waals surface area contributed by atoms with Crippen molar-refractivity contribution in [3.63, 3.8) is 0 Å². The van der Waals surface area contributed by atoms with Crippen molar-refractivity contribution in [2.45, 2.75) is 32.9 Å². The average Bonchev–Trinajstić information content (AvgIpc) is 2.67. The number of hydrogen-bond donors (Lipinski definition) is 1. The van der Waals surface area contributed by atoms with Crippen molar-refractivity contribution >= 4 is 34.7 Å². The molecule has 0 spiro atoms. The number of aromatic nitrogens is 1. The summed E-state index contributed by atoms with van der Waals surface area (Å²) in [7, 11) is 1.34. The maximum Gasteiger partial charge on any atom is 0.407 e. The van der Waals surface area contributed by atoms with Gasteiger partial charge in [-0.05, 0) is 49.4 Å². The Morgan fingerprint density at radius 2 is 2.05 bits per heavy atom. The first-order valence-corrected chi connectivity index (χ1v) is 7.21. The fourth-order valence-corrected chi connectivity index (χ4v) is 2.16. The lowest BCUT2D eigenvalue weighted by Gasteiger charge is -2.19. The zero-order chi connectivity index (χ0) is 15.3. The summed E-state index contributed by atoms with van der Waals surface area (Å²) < 4.78 is 12.5. The Bertz CT molecular complexity index is 491. The van der Waals surface area contributed by atoms with Crippen molar-refractivity contribution in [1.29, 1.82) is 0 Å². The molecule has 0 atom stereocenters. The molecule has 6 nitrogen and oxygen atoms in total. The van der Waals surface area contributed by atoms with E-state index in [1.165, 1.54) is 7.11 Å². The summed E-state index contributed by atoms with van der Waals surface area (Å²) in [6, 6.07) is 1.74. The van der Waals surface area contributed by atoms with Crippen molar-refractivity contribution in [2.24, 2.45) is 0 Å². The normalized spacial score (nSPS) is 11.1. The second-order valence-electron chi connectivity index (χ2n) is 5.16. The number of alkyl carbamates (subject to hydrolysis) is 1. The van der Waals surface area contributed by atoms with Gasteiger partial charge < -0.3 is 19.4 Å². The number of carbonyl (C=O) groups is 2. The van der Waals surface area contributed by atoms with E-state index in [1.54, 1.807) is 31.4 Å². The highest BCUT2D eigenvalue weighted by Crippen LogP contribution is 2.12. The number of carbonyl (C=O) groups excluding carboxylic acids is 2. The maximum atomic E-state index is 11.6. The Morgan fingerprint density at radius 1 is 1.40 bits per heavy atom. The Kier molecular flexibility index (Phi) is 5.85. The third kappa shape index (κ3) is 5.40. The Hall–Kier alpha value is -1.25. The van der Waals surface area contributed by atoms with Gasteiger partial charge >= 0.3 is 12.1 Å². The van der Waals surface area contributed by atoms with Crippen molar-refractivity contribution in [2.75, 3.05) is 13.7 Å². The summed E-state index contributed by atoms with van der Waals surface area (Å²) in [5.41, 5.74) is -0.0627. The van der Waals surface area contributed by atoms with Gasteiger partial charge in [0, 0.05) is 22.9 Å². The molecule has 0 fully saturated rings. The van der Waals surface area contributed by atoms with Crippen LogP contribution in [0, 0.1) is 3.57 Å². The van der Waals surface area contributed by atoms with E-state index >= 15 is 0 Å². The molecule has 0 aliphatic heterocycles. The van der Waals surface area contributed by atoms with E-state index in [4.69, 9.17) is 9.47 Å². The van der Waals surface area contributed by atoms with E-state index in [0.717, 1.165) is 3.57 Å². The average molecular weight is 394 g/mol. The molecule has 1 N–H and O–H groups in total. The van der Waals surface area contributed by atoms with Gasteiger partial charge in [0.1, 0.15) is 11.3 Å². The molecule has 0 aliphatic carbocycles. The molecular formula is C13H19IN2O4. The first-order valence-electron chi connectivity index (χ1n) is 6.14. The van der Waals surface area contributed by atoms with Crippen LogP contribution in [0.2, 0.25) is 0 Å². The summed E-state index contributed by atoms with van der Waals surface area (Å²) in [6.45, 7) is 6.24. The van der Waals surface area contributed by atoms with Crippen LogP contribution in [-0.4, -0.2) is 35.9 Å². The van der Waals surface area contributed by atoms with E-state index in [-0.39, 0.29) is 0 Å². The number of halogens is 1. The second-order valence-corrected chi connectivity index (χ2v) is 6.40. The van der Waals surface area contributed by atoms with Crippen LogP contribution < -0.4 is 5.32 Å². The molecule has 7 heteroatoms. The van der Waals surface area contributed by atoms with Gasteiger partial charge in [-0.3, -0.25) is 0 Å². The summed E-state index contributed by atoms with van der Waals surface area (Å²) in [6.07, 6.45) is 1.35. The SMILES string of the molecule is COC(=O)c1cc(I)cn1CCNC(=O)OC(C)(C)C. The van der Waals surface area contributed by atoms with E-state index in [2.05, 4.69) is 27.9 Å². The largest absolute Gasteiger partial charge is 0.464 e. The Labute approximate surface area is 131 Å². The van der Waals surface area contributed by atoms with Gasteiger partial charge in [-0.1, -0.05) is 0 Å². The number of methoxy groups -OCH3 is 1. The van der Waals surface area contributed by atoms with Gasteiger partial charge in [0.15, 0.2) is 0 Å². The maximum absolute atomic E-state index is 11.6. The highest BCUT2D eigenvalue weighted by molar-refractivity contribution is 14.1. The quantitative estimate of drug-likeness (QED) is 0.629. The van der Waals surface area contributed by atoms with Crippen LogP contribution in [0.4, 0.5) is 4.79 Å². The zero-order valence-electron chi connectivity index (χ0n) is 12.0. The molecule has 0 aromatic carbocycles. The minimum Gasteiger partial charge on any atom is -0.464 e. The summed E-state index contributed by atoms with van der Waals surface area (Å²) in [4.78, 5) is 23.1. The molecule has 1 aromatic rings.